The maximum atomic E-state index is 12.7. The van der Waals surface area contributed by atoms with Gasteiger partial charge >= 0.3 is 12.3 Å². The van der Waals surface area contributed by atoms with Crippen molar-refractivity contribution in [3.63, 3.8) is 0 Å². The Morgan fingerprint density at radius 1 is 1.20 bits per heavy atom. The number of carbonyl (C=O) groups is 1. The van der Waals surface area contributed by atoms with Gasteiger partial charge in [-0.25, -0.2) is 8.78 Å². The monoisotopic (exact) mass is 361 g/mol. The Morgan fingerprint density at radius 2 is 1.88 bits per heavy atom. The van der Waals surface area contributed by atoms with E-state index in [4.69, 9.17) is 9.15 Å². The highest BCUT2D eigenvalue weighted by molar-refractivity contribution is 6.02. The van der Waals surface area contributed by atoms with Crippen LogP contribution in [0.5, 0.6) is 5.75 Å². The standard InChI is InChI=1S/C16H15F4NO4/c1-23-11-4-2-10(3-5-11)21-14(22)13-7-6-12(25-13)8-24-9-16(19,20)15(17)18/h2-7,15H,8-9H2,1H3,(H,21,22). The van der Waals surface area contributed by atoms with Gasteiger partial charge in [-0.3, -0.25) is 4.79 Å². The number of benzene rings is 1. The molecule has 9 heteroatoms. The summed E-state index contributed by atoms with van der Waals surface area (Å²) >= 11 is 0. The molecule has 25 heavy (non-hydrogen) atoms. The third kappa shape index (κ3) is 5.21. The summed E-state index contributed by atoms with van der Waals surface area (Å²) in [6.45, 7) is -1.91. The molecule has 0 saturated heterocycles. The molecule has 0 atom stereocenters. The Balaban J connectivity index is 1.88. The van der Waals surface area contributed by atoms with Crippen LogP contribution >= 0.6 is 0 Å². The van der Waals surface area contributed by atoms with E-state index >= 15 is 0 Å². The van der Waals surface area contributed by atoms with Crippen molar-refractivity contribution in [1.82, 2.24) is 0 Å². The van der Waals surface area contributed by atoms with E-state index in [-0.39, 0.29) is 11.5 Å². The highest BCUT2D eigenvalue weighted by Crippen LogP contribution is 2.23. The van der Waals surface area contributed by atoms with E-state index in [0.717, 1.165) is 0 Å². The molecular weight excluding hydrogens is 346 g/mol. The lowest BCUT2D eigenvalue weighted by Crippen LogP contribution is -2.32. The molecular formula is C16H15F4NO4. The zero-order chi connectivity index (χ0) is 18.4. The lowest BCUT2D eigenvalue weighted by Gasteiger charge is -2.14. The van der Waals surface area contributed by atoms with Crippen LogP contribution in [0.25, 0.3) is 0 Å². The molecule has 0 aliphatic rings. The summed E-state index contributed by atoms with van der Waals surface area (Å²) in [5.74, 6) is -4.19. The Kier molecular flexibility index (Phi) is 6.02. The van der Waals surface area contributed by atoms with E-state index in [1.54, 1.807) is 24.3 Å². The number of halogens is 4. The van der Waals surface area contributed by atoms with Gasteiger partial charge in [0.2, 0.25) is 0 Å². The molecule has 0 saturated carbocycles. The molecule has 1 amide bonds. The number of hydrogen-bond acceptors (Lipinski definition) is 4. The van der Waals surface area contributed by atoms with Crippen molar-refractivity contribution >= 4 is 11.6 Å². The van der Waals surface area contributed by atoms with E-state index in [1.165, 1.54) is 19.2 Å². The highest BCUT2D eigenvalue weighted by atomic mass is 19.3. The number of methoxy groups -OCH3 is 1. The molecule has 0 fully saturated rings. The van der Waals surface area contributed by atoms with Crippen LogP contribution < -0.4 is 10.1 Å². The van der Waals surface area contributed by atoms with Crippen molar-refractivity contribution in [2.45, 2.75) is 19.0 Å². The largest absolute Gasteiger partial charge is 0.497 e. The molecule has 1 N–H and O–H groups in total. The first-order chi connectivity index (χ1) is 11.8. The fraction of sp³-hybridized carbons (Fsp3) is 0.312. The molecule has 1 aromatic carbocycles. The van der Waals surface area contributed by atoms with Crippen LogP contribution in [0, 0.1) is 0 Å². The number of furan rings is 1. The van der Waals surface area contributed by atoms with Crippen molar-refractivity contribution < 1.29 is 36.2 Å². The molecule has 5 nitrogen and oxygen atoms in total. The van der Waals surface area contributed by atoms with Gasteiger partial charge in [-0.1, -0.05) is 0 Å². The molecule has 2 rings (SSSR count). The fourth-order valence-corrected chi connectivity index (χ4v) is 1.80. The molecule has 0 unspecified atom stereocenters. The topological polar surface area (TPSA) is 60.7 Å². The molecule has 1 heterocycles. The van der Waals surface area contributed by atoms with Gasteiger partial charge in [0.1, 0.15) is 24.7 Å². The number of nitrogens with one attached hydrogen (secondary N) is 1. The average Bonchev–Trinajstić information content (AvgIpc) is 3.04. The first-order valence-electron chi connectivity index (χ1n) is 7.09. The minimum Gasteiger partial charge on any atom is -0.497 e. The lowest BCUT2D eigenvalue weighted by molar-refractivity contribution is -0.169. The van der Waals surface area contributed by atoms with E-state index in [1.807, 2.05) is 0 Å². The summed E-state index contributed by atoms with van der Waals surface area (Å²) in [6.07, 6.45) is -3.81. The van der Waals surface area contributed by atoms with Gasteiger partial charge in [-0.2, -0.15) is 8.78 Å². The third-order valence-corrected chi connectivity index (χ3v) is 3.09. The van der Waals surface area contributed by atoms with Crippen LogP contribution in [-0.2, 0) is 11.3 Å². The number of rotatable bonds is 8. The van der Waals surface area contributed by atoms with Crippen molar-refractivity contribution in [3.8, 4) is 5.75 Å². The van der Waals surface area contributed by atoms with E-state index in [0.29, 0.717) is 11.4 Å². The third-order valence-electron chi connectivity index (χ3n) is 3.09. The minimum atomic E-state index is -4.23. The molecule has 0 bridgehead atoms. The van der Waals surface area contributed by atoms with Crippen LogP contribution in [0.1, 0.15) is 16.3 Å². The Bertz CT molecular complexity index is 700. The molecule has 0 aliphatic carbocycles. The highest BCUT2D eigenvalue weighted by Gasteiger charge is 2.41. The smallest absolute Gasteiger partial charge is 0.330 e. The SMILES string of the molecule is COc1ccc(NC(=O)c2ccc(COCC(F)(F)C(F)F)o2)cc1. The lowest BCUT2D eigenvalue weighted by atomic mass is 10.3. The summed E-state index contributed by atoms with van der Waals surface area (Å²) in [6, 6.07) is 9.21. The normalized spacial score (nSPS) is 11.6. The summed E-state index contributed by atoms with van der Waals surface area (Å²) < 4.78 is 64.0. The van der Waals surface area contributed by atoms with Crippen molar-refractivity contribution in [2.75, 3.05) is 19.0 Å². The molecule has 1 aromatic heterocycles. The summed E-state index contributed by atoms with van der Waals surface area (Å²) in [4.78, 5) is 12.0. The van der Waals surface area contributed by atoms with Crippen LogP contribution in [0.15, 0.2) is 40.8 Å². The number of carbonyl (C=O) groups excluding carboxylic acids is 1. The van der Waals surface area contributed by atoms with E-state index in [2.05, 4.69) is 10.1 Å². The molecule has 0 aliphatic heterocycles. The summed E-state index contributed by atoms with van der Waals surface area (Å²) in [5, 5.41) is 2.57. The number of ether oxygens (including phenoxy) is 2. The van der Waals surface area contributed by atoms with Gasteiger partial charge in [0.25, 0.3) is 5.91 Å². The number of amides is 1. The minimum absolute atomic E-state index is 0.0601. The average molecular weight is 361 g/mol. The van der Waals surface area contributed by atoms with Gasteiger partial charge in [0.15, 0.2) is 5.76 Å². The first-order valence-corrected chi connectivity index (χ1v) is 7.09. The van der Waals surface area contributed by atoms with Crippen LogP contribution in [0.4, 0.5) is 23.2 Å². The number of alkyl halides is 4. The Labute approximate surface area is 140 Å². The molecule has 0 radical (unpaired) electrons. The van der Waals surface area contributed by atoms with E-state index in [9.17, 15) is 22.4 Å². The Morgan fingerprint density at radius 3 is 2.48 bits per heavy atom. The fourth-order valence-electron chi connectivity index (χ4n) is 1.80. The van der Waals surface area contributed by atoms with Crippen LogP contribution in [0.3, 0.4) is 0 Å². The molecule has 136 valence electrons. The zero-order valence-electron chi connectivity index (χ0n) is 13.1. The van der Waals surface area contributed by atoms with Gasteiger partial charge in [0.05, 0.1) is 7.11 Å². The predicted molar refractivity (Wildman–Crippen MR) is 80.3 cm³/mol. The van der Waals surface area contributed by atoms with Crippen molar-refractivity contribution in [3.05, 3.63) is 47.9 Å². The quantitative estimate of drug-likeness (QED) is 0.723. The van der Waals surface area contributed by atoms with E-state index < -0.39 is 31.5 Å². The van der Waals surface area contributed by atoms with Gasteiger partial charge < -0.3 is 19.2 Å². The Hall–Kier alpha value is -2.55. The maximum Gasteiger partial charge on any atom is 0.330 e. The van der Waals surface area contributed by atoms with Crippen LogP contribution in [-0.4, -0.2) is 32.0 Å². The second-order valence-electron chi connectivity index (χ2n) is 5.00. The van der Waals surface area contributed by atoms with Crippen molar-refractivity contribution in [2.24, 2.45) is 0 Å². The van der Waals surface area contributed by atoms with Crippen LogP contribution in [0.2, 0.25) is 0 Å². The number of hydrogen-bond donors (Lipinski definition) is 1. The molecule has 0 spiro atoms. The second kappa shape index (κ2) is 8.02. The second-order valence-corrected chi connectivity index (χ2v) is 5.00. The molecule has 2 aromatic rings. The van der Waals surface area contributed by atoms with Gasteiger partial charge in [0, 0.05) is 5.69 Å². The summed E-state index contributed by atoms with van der Waals surface area (Å²) in [7, 11) is 1.51. The summed E-state index contributed by atoms with van der Waals surface area (Å²) in [5.41, 5.74) is 0.497. The number of anilines is 1. The van der Waals surface area contributed by atoms with Crippen molar-refractivity contribution in [1.29, 1.82) is 0 Å². The predicted octanol–water partition coefficient (Wildman–Crippen LogP) is 3.96. The maximum absolute atomic E-state index is 12.7. The first kappa shape index (κ1) is 18.8. The zero-order valence-corrected chi connectivity index (χ0v) is 13.1. The van der Waals surface area contributed by atoms with Gasteiger partial charge in [-0.05, 0) is 36.4 Å². The van der Waals surface area contributed by atoms with Gasteiger partial charge in [-0.15, -0.1) is 0 Å².